The van der Waals surface area contributed by atoms with E-state index in [1.165, 1.54) is 103 Å². The summed E-state index contributed by atoms with van der Waals surface area (Å²) in [5, 5.41) is 13.6. The summed E-state index contributed by atoms with van der Waals surface area (Å²) in [5.74, 6) is 1.34. The van der Waals surface area contributed by atoms with Crippen LogP contribution in [0.25, 0.3) is 96.6 Å². The van der Waals surface area contributed by atoms with Gasteiger partial charge in [0.1, 0.15) is 0 Å². The van der Waals surface area contributed by atoms with Crippen LogP contribution in [0.3, 0.4) is 0 Å². The molecule has 0 N–H and O–H groups in total. The second kappa shape index (κ2) is 9.91. The summed E-state index contributed by atoms with van der Waals surface area (Å²) in [5.41, 5.74) is 10.9. The van der Waals surface area contributed by atoms with Crippen LogP contribution < -0.4 is 0 Å². The van der Waals surface area contributed by atoms with Crippen molar-refractivity contribution < 1.29 is 0 Å². The van der Waals surface area contributed by atoms with Crippen molar-refractivity contribution in [2.24, 2.45) is 0 Å². The molecule has 0 saturated heterocycles. The molecule has 12 rings (SSSR count). The van der Waals surface area contributed by atoms with Gasteiger partial charge in [0, 0.05) is 20.2 Å². The average Bonchev–Trinajstić information content (AvgIpc) is 3.90. The van der Waals surface area contributed by atoms with Crippen molar-refractivity contribution >= 4 is 74.6 Å². The number of hydrogen-bond acceptors (Lipinski definition) is 1. The molecule has 0 radical (unpaired) electrons. The fraction of sp³-hybridized carbons (Fsp3) is 0.0612. The van der Waals surface area contributed by atoms with Gasteiger partial charge in [0.05, 0.1) is 0 Å². The van der Waals surface area contributed by atoms with Crippen molar-refractivity contribution in [3.8, 4) is 33.4 Å². The van der Waals surface area contributed by atoms with Gasteiger partial charge in [-0.3, -0.25) is 0 Å². The minimum Gasteiger partial charge on any atom is -0.135 e. The topological polar surface area (TPSA) is 0 Å². The molecule has 10 aromatic rings. The maximum Gasteiger partial charge on any atom is 0.0361 e. The number of thiophene rings is 1. The van der Waals surface area contributed by atoms with Crippen LogP contribution in [-0.2, 0) is 0 Å². The Kier molecular flexibility index (Phi) is 5.37. The maximum atomic E-state index is 2.50. The van der Waals surface area contributed by atoms with Gasteiger partial charge < -0.3 is 0 Å². The van der Waals surface area contributed by atoms with Gasteiger partial charge >= 0.3 is 0 Å². The summed E-state index contributed by atoms with van der Waals surface area (Å²) in [6, 6.07) is 59.7. The Morgan fingerprint density at radius 2 is 0.940 bits per heavy atom. The summed E-state index contributed by atoms with van der Waals surface area (Å²) in [4.78, 5) is 0. The summed E-state index contributed by atoms with van der Waals surface area (Å²) in [7, 11) is 0. The van der Waals surface area contributed by atoms with Crippen LogP contribution in [0.2, 0.25) is 0 Å². The number of benzene rings is 9. The molecule has 1 fully saturated rings. The Labute approximate surface area is 293 Å². The van der Waals surface area contributed by atoms with Gasteiger partial charge in [0.15, 0.2) is 0 Å². The molecule has 0 nitrogen and oxygen atoms in total. The van der Waals surface area contributed by atoms with Crippen molar-refractivity contribution in [3.05, 3.63) is 169 Å². The fourth-order valence-corrected chi connectivity index (χ4v) is 10.7. The van der Waals surface area contributed by atoms with Gasteiger partial charge in [-0.2, -0.15) is 0 Å². The molecule has 0 aliphatic heterocycles. The van der Waals surface area contributed by atoms with Crippen LogP contribution in [0.1, 0.15) is 29.4 Å². The van der Waals surface area contributed by atoms with E-state index in [9.17, 15) is 0 Å². The zero-order valence-corrected chi connectivity index (χ0v) is 28.1. The van der Waals surface area contributed by atoms with E-state index in [1.54, 1.807) is 11.1 Å². The third-order valence-corrected chi connectivity index (χ3v) is 12.9. The van der Waals surface area contributed by atoms with E-state index in [0.717, 1.165) is 0 Å². The lowest BCUT2D eigenvalue weighted by Gasteiger charge is -2.23. The van der Waals surface area contributed by atoms with Crippen molar-refractivity contribution in [3.63, 3.8) is 0 Å². The normalized spacial score (nSPS) is 16.3. The predicted octanol–water partition coefficient (Wildman–Crippen LogP) is 14.3. The second-order valence-corrected chi connectivity index (χ2v) is 15.4. The van der Waals surface area contributed by atoms with Gasteiger partial charge in [-0.1, -0.05) is 140 Å². The molecule has 9 aromatic carbocycles. The minimum atomic E-state index is 0.659. The molecule has 0 bridgehead atoms. The van der Waals surface area contributed by atoms with E-state index in [-0.39, 0.29) is 0 Å². The van der Waals surface area contributed by atoms with Crippen LogP contribution in [0.5, 0.6) is 0 Å². The molecule has 232 valence electrons. The molecule has 1 aromatic heterocycles. The first-order chi connectivity index (χ1) is 24.8. The smallest absolute Gasteiger partial charge is 0.0361 e. The molecule has 1 saturated carbocycles. The fourth-order valence-electron chi connectivity index (χ4n) is 9.57. The van der Waals surface area contributed by atoms with Crippen molar-refractivity contribution in [2.45, 2.75) is 18.3 Å². The third kappa shape index (κ3) is 3.60. The van der Waals surface area contributed by atoms with E-state index in [1.807, 2.05) is 11.3 Å². The summed E-state index contributed by atoms with van der Waals surface area (Å²) >= 11 is 1.89. The van der Waals surface area contributed by atoms with Gasteiger partial charge in [0.2, 0.25) is 0 Å². The quantitative estimate of drug-likeness (QED) is 0.132. The lowest BCUT2D eigenvalue weighted by molar-refractivity contribution is 1.04. The van der Waals surface area contributed by atoms with E-state index < -0.39 is 0 Å². The average molecular weight is 651 g/mol. The second-order valence-electron chi connectivity index (χ2n) is 14.3. The number of fused-ring (bicyclic) bond motifs is 8. The van der Waals surface area contributed by atoms with Crippen LogP contribution >= 0.6 is 11.3 Å². The zero-order chi connectivity index (χ0) is 32.5. The standard InChI is InChI=1S/C49H30S/c1-2-14-33(30(12-1)28-23-24-32-31-13-7-8-22-44(31)50-45(32)26-28)47-34-15-3-5-17-36(34)48(37-18-6-4-16-35(37)47)43-25-29-11-9-19-38-41-27-42(41)39-20-10-21-40(43)49(39)46(29)38/h1-26,41-42H,27H2/t41-,42?/m1/s1. The zero-order valence-electron chi connectivity index (χ0n) is 27.3. The number of hydrogen-bond donors (Lipinski definition) is 0. The highest BCUT2D eigenvalue weighted by Gasteiger charge is 2.44. The van der Waals surface area contributed by atoms with E-state index in [4.69, 9.17) is 0 Å². The van der Waals surface area contributed by atoms with E-state index in [2.05, 4.69) is 158 Å². The Balaban J connectivity index is 1.17. The Morgan fingerprint density at radius 1 is 0.380 bits per heavy atom. The molecule has 1 unspecified atom stereocenters. The molecular weight excluding hydrogens is 621 g/mol. The molecule has 50 heavy (non-hydrogen) atoms. The SMILES string of the molecule is c1ccc(-c2c3ccccc3c(-c3cc4cccc5c4c4c(cccc34)C3C[C@H]53)c3ccccc23)c(-c2ccc3c(c2)sc2ccccc23)c1. The van der Waals surface area contributed by atoms with Gasteiger partial charge in [-0.25, -0.2) is 0 Å². The van der Waals surface area contributed by atoms with Crippen LogP contribution in [0, 0.1) is 0 Å². The molecular formula is C49H30S. The highest BCUT2D eigenvalue weighted by atomic mass is 32.1. The Morgan fingerprint density at radius 3 is 1.68 bits per heavy atom. The van der Waals surface area contributed by atoms with E-state index >= 15 is 0 Å². The van der Waals surface area contributed by atoms with E-state index in [0.29, 0.717) is 11.8 Å². The Hall–Kier alpha value is -5.76. The molecule has 2 aliphatic rings. The van der Waals surface area contributed by atoms with Gasteiger partial charge in [0.25, 0.3) is 0 Å². The first-order valence-corrected chi connectivity index (χ1v) is 18.6. The van der Waals surface area contributed by atoms with Crippen LogP contribution in [-0.4, -0.2) is 0 Å². The Bertz CT molecular complexity index is 3030. The van der Waals surface area contributed by atoms with Crippen molar-refractivity contribution in [1.29, 1.82) is 0 Å². The van der Waals surface area contributed by atoms with Crippen molar-refractivity contribution in [1.82, 2.24) is 0 Å². The molecule has 0 amide bonds. The summed E-state index contributed by atoms with van der Waals surface area (Å²) in [6.45, 7) is 0. The summed E-state index contributed by atoms with van der Waals surface area (Å²) in [6.07, 6.45) is 1.28. The maximum absolute atomic E-state index is 2.50. The molecule has 2 atom stereocenters. The van der Waals surface area contributed by atoms with Gasteiger partial charge in [-0.05, 0) is 124 Å². The lowest BCUT2D eigenvalue weighted by Crippen LogP contribution is -1.98. The van der Waals surface area contributed by atoms with Crippen molar-refractivity contribution in [2.75, 3.05) is 0 Å². The highest BCUT2D eigenvalue weighted by Crippen LogP contribution is 2.62. The van der Waals surface area contributed by atoms with Crippen LogP contribution in [0.15, 0.2) is 158 Å². The number of rotatable bonds is 3. The lowest BCUT2D eigenvalue weighted by atomic mass is 9.80. The highest BCUT2D eigenvalue weighted by molar-refractivity contribution is 7.25. The molecule has 2 aliphatic carbocycles. The largest absolute Gasteiger partial charge is 0.135 e. The monoisotopic (exact) mass is 650 g/mol. The molecule has 1 heteroatoms. The third-order valence-electron chi connectivity index (χ3n) is 11.7. The van der Waals surface area contributed by atoms with Crippen LogP contribution in [0.4, 0.5) is 0 Å². The summed E-state index contributed by atoms with van der Waals surface area (Å²) < 4.78 is 2.67. The first kappa shape index (κ1) is 27.1. The molecule has 0 spiro atoms. The predicted molar refractivity (Wildman–Crippen MR) is 216 cm³/mol. The van der Waals surface area contributed by atoms with Gasteiger partial charge in [-0.15, -0.1) is 11.3 Å². The molecule has 1 heterocycles. The minimum absolute atomic E-state index is 0.659. The first-order valence-electron chi connectivity index (χ1n) is 17.7.